The lowest BCUT2D eigenvalue weighted by molar-refractivity contribution is 0.192. The van der Waals surface area contributed by atoms with Gasteiger partial charge in [0.2, 0.25) is 0 Å². The van der Waals surface area contributed by atoms with Crippen molar-refractivity contribution < 1.29 is 14.6 Å². The van der Waals surface area contributed by atoms with Crippen LogP contribution < -0.4 is 5.73 Å². The molecule has 1 aliphatic rings. The molecule has 4 N–H and O–H groups in total. The summed E-state index contributed by atoms with van der Waals surface area (Å²) in [7, 11) is 0. The van der Waals surface area contributed by atoms with Crippen molar-refractivity contribution in [2.75, 3.05) is 26.3 Å². The lowest BCUT2D eigenvalue weighted by Crippen LogP contribution is -2.38. The first-order chi connectivity index (χ1) is 9.57. The Hall–Kier alpha value is -1.56. The van der Waals surface area contributed by atoms with E-state index < -0.39 is 5.54 Å². The van der Waals surface area contributed by atoms with E-state index in [1.807, 2.05) is 24.0 Å². The van der Waals surface area contributed by atoms with Crippen molar-refractivity contribution in [3.63, 3.8) is 0 Å². The normalized spacial score (nSPS) is 22.4. The van der Waals surface area contributed by atoms with E-state index in [1.165, 1.54) is 0 Å². The molecule has 5 heteroatoms. The Morgan fingerprint density at radius 3 is 2.60 bits per heavy atom. The van der Waals surface area contributed by atoms with Gasteiger partial charge in [-0.1, -0.05) is 12.2 Å². The highest BCUT2D eigenvalue weighted by Gasteiger charge is 2.26. The number of allylic oxidation sites excluding steroid dienone is 1. The van der Waals surface area contributed by atoms with Crippen molar-refractivity contribution in [3.8, 4) is 0 Å². The third-order valence-electron chi connectivity index (χ3n) is 3.40. The lowest BCUT2D eigenvalue weighted by atomic mass is 9.86. The minimum Gasteiger partial charge on any atom is -0.472 e. The highest BCUT2D eigenvalue weighted by molar-refractivity contribution is 5.80. The molecule has 0 saturated heterocycles. The van der Waals surface area contributed by atoms with Crippen LogP contribution in [0, 0.1) is 0 Å². The minimum atomic E-state index is -0.403. The van der Waals surface area contributed by atoms with E-state index in [0.29, 0.717) is 13.1 Å². The summed E-state index contributed by atoms with van der Waals surface area (Å²) < 4.78 is 5.16. The molecule has 1 aromatic heterocycles. The fourth-order valence-electron chi connectivity index (χ4n) is 2.43. The second kappa shape index (κ2) is 6.26. The Bertz CT molecular complexity index is 483. The van der Waals surface area contributed by atoms with Gasteiger partial charge in [0.05, 0.1) is 25.7 Å². The van der Waals surface area contributed by atoms with Gasteiger partial charge < -0.3 is 25.3 Å². The van der Waals surface area contributed by atoms with Crippen molar-refractivity contribution in [2.24, 2.45) is 5.73 Å². The molecule has 1 aromatic rings. The van der Waals surface area contributed by atoms with Gasteiger partial charge in [-0.3, -0.25) is 0 Å². The molecule has 1 atom stereocenters. The number of hydrogen-bond acceptors (Lipinski definition) is 5. The predicted octanol–water partition coefficient (Wildman–Crippen LogP) is 0.955. The van der Waals surface area contributed by atoms with Crippen LogP contribution in [0.15, 0.2) is 40.9 Å². The van der Waals surface area contributed by atoms with Crippen molar-refractivity contribution in [1.82, 2.24) is 4.90 Å². The molecule has 0 spiro atoms. The average Bonchev–Trinajstić information content (AvgIpc) is 2.91. The molecule has 110 valence electrons. The van der Waals surface area contributed by atoms with Crippen molar-refractivity contribution >= 4 is 5.57 Å². The summed E-state index contributed by atoms with van der Waals surface area (Å²) in [5.41, 5.74) is 8.73. The fourth-order valence-corrected chi connectivity index (χ4v) is 2.43. The maximum absolute atomic E-state index is 9.20. The van der Waals surface area contributed by atoms with E-state index in [-0.39, 0.29) is 13.2 Å². The zero-order valence-corrected chi connectivity index (χ0v) is 11.7. The molecule has 0 aromatic carbocycles. The van der Waals surface area contributed by atoms with Crippen LogP contribution in [-0.4, -0.2) is 47.0 Å². The van der Waals surface area contributed by atoms with Crippen LogP contribution in [0.3, 0.4) is 0 Å². The number of furan rings is 1. The molecular weight excluding hydrogens is 256 g/mol. The van der Waals surface area contributed by atoms with E-state index in [9.17, 15) is 10.2 Å². The van der Waals surface area contributed by atoms with Gasteiger partial charge in [0, 0.05) is 35.5 Å². The smallest absolute Gasteiger partial charge is 0.0981 e. The van der Waals surface area contributed by atoms with Crippen LogP contribution in [0.4, 0.5) is 0 Å². The molecule has 0 amide bonds. The maximum atomic E-state index is 9.20. The summed E-state index contributed by atoms with van der Waals surface area (Å²) in [5, 5.41) is 18.4. The van der Waals surface area contributed by atoms with E-state index in [4.69, 9.17) is 10.2 Å². The van der Waals surface area contributed by atoms with Crippen LogP contribution in [0.25, 0.3) is 5.57 Å². The Labute approximate surface area is 119 Å². The third kappa shape index (κ3) is 3.30. The molecule has 1 heterocycles. The van der Waals surface area contributed by atoms with Crippen LogP contribution in [0.1, 0.15) is 18.9 Å². The van der Waals surface area contributed by atoms with Gasteiger partial charge in [-0.25, -0.2) is 0 Å². The number of nitrogens with zero attached hydrogens (tertiary/aromatic N) is 1. The van der Waals surface area contributed by atoms with E-state index in [1.54, 1.807) is 12.5 Å². The lowest BCUT2D eigenvalue weighted by Gasteiger charge is -2.33. The molecule has 0 fully saturated rings. The predicted molar refractivity (Wildman–Crippen MR) is 77.7 cm³/mol. The second-order valence-electron chi connectivity index (χ2n) is 5.30. The number of aliphatic hydroxyl groups excluding tert-OH is 2. The van der Waals surface area contributed by atoms with Crippen molar-refractivity contribution in [2.45, 2.75) is 18.9 Å². The topological polar surface area (TPSA) is 82.9 Å². The van der Waals surface area contributed by atoms with Crippen molar-refractivity contribution in [3.05, 3.63) is 42.0 Å². The Morgan fingerprint density at radius 2 is 2.05 bits per heavy atom. The second-order valence-corrected chi connectivity index (χ2v) is 5.30. The highest BCUT2D eigenvalue weighted by Crippen LogP contribution is 2.33. The van der Waals surface area contributed by atoms with E-state index >= 15 is 0 Å². The van der Waals surface area contributed by atoms with Gasteiger partial charge in [-0.15, -0.1) is 0 Å². The summed E-state index contributed by atoms with van der Waals surface area (Å²) in [6, 6.07) is 1.89. The summed E-state index contributed by atoms with van der Waals surface area (Å²) in [6.07, 6.45) is 8.11. The summed E-state index contributed by atoms with van der Waals surface area (Å²) in [5.74, 6) is 0. The summed E-state index contributed by atoms with van der Waals surface area (Å²) >= 11 is 0. The first kappa shape index (κ1) is 14.8. The Kier molecular flexibility index (Phi) is 4.65. The minimum absolute atomic E-state index is 0.0376. The van der Waals surface area contributed by atoms with Gasteiger partial charge >= 0.3 is 0 Å². The largest absolute Gasteiger partial charge is 0.472 e. The first-order valence-corrected chi connectivity index (χ1v) is 6.79. The molecule has 1 aliphatic carbocycles. The van der Waals surface area contributed by atoms with Gasteiger partial charge in [-0.05, 0) is 19.4 Å². The summed E-state index contributed by atoms with van der Waals surface area (Å²) in [6.45, 7) is 3.00. The number of nitrogens with two attached hydrogens (primary N) is 1. The SMILES string of the molecule is CC1(N)C=C(c2ccoc2)C(N(CCO)CCO)=CC1. The molecule has 5 nitrogen and oxygen atoms in total. The van der Waals surface area contributed by atoms with Crippen LogP contribution in [-0.2, 0) is 0 Å². The van der Waals surface area contributed by atoms with Crippen LogP contribution in [0.2, 0.25) is 0 Å². The number of rotatable bonds is 6. The first-order valence-electron chi connectivity index (χ1n) is 6.79. The Balaban J connectivity index is 2.35. The molecular formula is C15H22N2O3. The summed E-state index contributed by atoms with van der Waals surface area (Å²) in [4.78, 5) is 1.97. The standard InChI is InChI=1S/C15H22N2O3/c1-15(16)4-2-14(17(5-7-18)6-8-19)13(10-15)12-3-9-20-11-12/h2-3,9-11,18-19H,4-8,16H2,1H3. The number of aliphatic hydroxyl groups is 2. The molecule has 2 rings (SSSR count). The Morgan fingerprint density at radius 1 is 1.35 bits per heavy atom. The van der Waals surface area contributed by atoms with Crippen LogP contribution in [0.5, 0.6) is 0 Å². The highest BCUT2D eigenvalue weighted by atomic mass is 16.3. The van der Waals surface area contributed by atoms with Crippen molar-refractivity contribution in [1.29, 1.82) is 0 Å². The third-order valence-corrected chi connectivity index (χ3v) is 3.40. The van der Waals surface area contributed by atoms with Gasteiger partial charge in [0.15, 0.2) is 0 Å². The average molecular weight is 278 g/mol. The molecule has 0 aliphatic heterocycles. The van der Waals surface area contributed by atoms with Crippen LogP contribution >= 0.6 is 0 Å². The van der Waals surface area contributed by atoms with Gasteiger partial charge in [0.1, 0.15) is 0 Å². The van der Waals surface area contributed by atoms with E-state index in [0.717, 1.165) is 23.3 Å². The molecule has 1 unspecified atom stereocenters. The molecule has 20 heavy (non-hydrogen) atoms. The fraction of sp³-hybridized carbons (Fsp3) is 0.467. The zero-order chi connectivity index (χ0) is 14.6. The quantitative estimate of drug-likeness (QED) is 0.722. The van der Waals surface area contributed by atoms with Gasteiger partial charge in [-0.2, -0.15) is 0 Å². The zero-order valence-electron chi connectivity index (χ0n) is 11.7. The molecule has 0 saturated carbocycles. The molecule has 0 radical (unpaired) electrons. The maximum Gasteiger partial charge on any atom is 0.0981 e. The van der Waals surface area contributed by atoms with Gasteiger partial charge in [0.25, 0.3) is 0 Å². The molecule has 0 bridgehead atoms. The van der Waals surface area contributed by atoms with E-state index in [2.05, 4.69) is 6.08 Å². The monoisotopic (exact) mass is 278 g/mol. The number of hydrogen-bond donors (Lipinski definition) is 3.